The van der Waals surface area contributed by atoms with E-state index in [4.69, 9.17) is 10.5 Å². The minimum Gasteiger partial charge on any atom is -0.493 e. The maximum atomic E-state index is 6.53. The number of nitrogens with two attached hydrogens (primary N) is 1. The van der Waals surface area contributed by atoms with Crippen molar-refractivity contribution in [3.63, 3.8) is 0 Å². The van der Waals surface area contributed by atoms with Crippen molar-refractivity contribution in [2.75, 3.05) is 7.11 Å². The van der Waals surface area contributed by atoms with Gasteiger partial charge in [0.25, 0.3) is 0 Å². The van der Waals surface area contributed by atoms with E-state index in [1.54, 1.807) is 13.3 Å². The molecule has 2 aromatic rings. The second-order valence-electron chi connectivity index (χ2n) is 5.36. The fourth-order valence-corrected chi connectivity index (χ4v) is 3.07. The van der Waals surface area contributed by atoms with Gasteiger partial charge in [-0.05, 0) is 24.0 Å². The molecule has 2 unspecified atom stereocenters. The standard InChI is InChI=1S/C16H21N3O/c1-3-8-19-16(14(20-2)10-18-19)15(17)13-9-11-6-4-5-7-12(11)13/h4-7,10,13,15H,3,8-9,17H2,1-2H3. The maximum Gasteiger partial charge on any atom is 0.161 e. The summed E-state index contributed by atoms with van der Waals surface area (Å²) in [7, 11) is 1.68. The highest BCUT2D eigenvalue weighted by molar-refractivity contribution is 5.44. The summed E-state index contributed by atoms with van der Waals surface area (Å²) >= 11 is 0. The summed E-state index contributed by atoms with van der Waals surface area (Å²) in [6, 6.07) is 8.46. The lowest BCUT2D eigenvalue weighted by molar-refractivity contribution is 0.386. The Morgan fingerprint density at radius 3 is 2.95 bits per heavy atom. The zero-order chi connectivity index (χ0) is 14.1. The van der Waals surface area contributed by atoms with Crippen molar-refractivity contribution < 1.29 is 4.74 Å². The number of rotatable bonds is 5. The summed E-state index contributed by atoms with van der Waals surface area (Å²) in [6.45, 7) is 3.02. The van der Waals surface area contributed by atoms with Crippen LogP contribution in [0.4, 0.5) is 0 Å². The quantitative estimate of drug-likeness (QED) is 0.909. The van der Waals surface area contributed by atoms with Gasteiger partial charge < -0.3 is 10.5 Å². The van der Waals surface area contributed by atoms with E-state index in [-0.39, 0.29) is 6.04 Å². The molecule has 0 saturated heterocycles. The Kier molecular flexibility index (Phi) is 3.49. The van der Waals surface area contributed by atoms with Crippen molar-refractivity contribution in [3.05, 3.63) is 47.3 Å². The van der Waals surface area contributed by atoms with Crippen LogP contribution in [0.5, 0.6) is 5.75 Å². The Balaban J connectivity index is 1.92. The molecule has 0 saturated carbocycles. The molecule has 2 N–H and O–H groups in total. The molecule has 1 aliphatic carbocycles. The number of aromatic nitrogens is 2. The van der Waals surface area contributed by atoms with Crippen LogP contribution in [-0.2, 0) is 13.0 Å². The average molecular weight is 271 g/mol. The van der Waals surface area contributed by atoms with Gasteiger partial charge >= 0.3 is 0 Å². The van der Waals surface area contributed by atoms with E-state index in [1.165, 1.54) is 11.1 Å². The van der Waals surface area contributed by atoms with Gasteiger partial charge in [-0.25, -0.2) is 0 Å². The van der Waals surface area contributed by atoms with E-state index in [2.05, 4.69) is 36.3 Å². The fraction of sp³-hybridized carbons (Fsp3) is 0.438. The third kappa shape index (κ3) is 2.00. The first kappa shape index (κ1) is 13.2. The predicted molar refractivity (Wildman–Crippen MR) is 78.9 cm³/mol. The van der Waals surface area contributed by atoms with Gasteiger partial charge in [0.05, 0.1) is 25.0 Å². The number of ether oxygens (including phenoxy) is 1. The third-order valence-corrected chi connectivity index (χ3v) is 4.14. The number of hydrogen-bond donors (Lipinski definition) is 1. The normalized spacial score (nSPS) is 18.2. The highest BCUT2D eigenvalue weighted by Gasteiger charge is 2.34. The van der Waals surface area contributed by atoms with Gasteiger partial charge in [0.2, 0.25) is 0 Å². The van der Waals surface area contributed by atoms with Crippen LogP contribution in [0.15, 0.2) is 30.5 Å². The maximum absolute atomic E-state index is 6.53. The van der Waals surface area contributed by atoms with Crippen LogP contribution < -0.4 is 10.5 Å². The van der Waals surface area contributed by atoms with Gasteiger partial charge in [0, 0.05) is 12.5 Å². The van der Waals surface area contributed by atoms with Crippen molar-refractivity contribution in [3.8, 4) is 5.75 Å². The molecular formula is C16H21N3O. The summed E-state index contributed by atoms with van der Waals surface area (Å²) in [4.78, 5) is 0. The van der Waals surface area contributed by atoms with E-state index in [0.29, 0.717) is 5.92 Å². The Morgan fingerprint density at radius 1 is 1.45 bits per heavy atom. The van der Waals surface area contributed by atoms with Gasteiger partial charge in [-0.3, -0.25) is 4.68 Å². The lowest BCUT2D eigenvalue weighted by atomic mass is 9.73. The van der Waals surface area contributed by atoms with Crippen molar-refractivity contribution >= 4 is 0 Å². The Morgan fingerprint density at radius 2 is 2.25 bits per heavy atom. The van der Waals surface area contributed by atoms with Crippen LogP contribution >= 0.6 is 0 Å². The van der Waals surface area contributed by atoms with E-state index in [1.807, 2.05) is 4.68 Å². The molecule has 0 bridgehead atoms. The summed E-state index contributed by atoms with van der Waals surface area (Å²) < 4.78 is 7.43. The zero-order valence-corrected chi connectivity index (χ0v) is 12.0. The van der Waals surface area contributed by atoms with Crippen molar-refractivity contribution in [2.24, 2.45) is 5.73 Å². The van der Waals surface area contributed by atoms with E-state index < -0.39 is 0 Å². The fourth-order valence-electron chi connectivity index (χ4n) is 3.07. The molecule has 0 fully saturated rings. The molecule has 0 spiro atoms. The van der Waals surface area contributed by atoms with Crippen LogP contribution in [0.3, 0.4) is 0 Å². The molecule has 0 amide bonds. The Bertz CT molecular complexity index is 606. The smallest absolute Gasteiger partial charge is 0.161 e. The molecule has 4 heteroatoms. The molecule has 20 heavy (non-hydrogen) atoms. The SMILES string of the molecule is CCCn1ncc(OC)c1C(N)C1Cc2ccccc21. The largest absolute Gasteiger partial charge is 0.493 e. The van der Waals surface area contributed by atoms with Crippen LogP contribution in [0.1, 0.15) is 42.1 Å². The molecule has 106 valence electrons. The predicted octanol–water partition coefficient (Wildman–Crippen LogP) is 2.64. The lowest BCUT2D eigenvalue weighted by Crippen LogP contribution is -2.31. The van der Waals surface area contributed by atoms with Crippen molar-refractivity contribution in [1.29, 1.82) is 0 Å². The Hall–Kier alpha value is -1.81. The van der Waals surface area contributed by atoms with E-state index in [9.17, 15) is 0 Å². The van der Waals surface area contributed by atoms with E-state index in [0.717, 1.165) is 30.8 Å². The molecule has 4 nitrogen and oxygen atoms in total. The van der Waals surface area contributed by atoms with E-state index >= 15 is 0 Å². The van der Waals surface area contributed by atoms with Gasteiger partial charge in [0.15, 0.2) is 5.75 Å². The minimum absolute atomic E-state index is 0.0612. The Labute approximate surface area is 119 Å². The molecule has 0 aliphatic heterocycles. The summed E-state index contributed by atoms with van der Waals surface area (Å²) in [6.07, 6.45) is 3.85. The van der Waals surface area contributed by atoms with Crippen LogP contribution in [0.25, 0.3) is 0 Å². The van der Waals surface area contributed by atoms with Crippen molar-refractivity contribution in [2.45, 2.75) is 38.3 Å². The molecule has 2 atom stereocenters. The molecule has 1 aromatic carbocycles. The number of benzene rings is 1. The lowest BCUT2D eigenvalue weighted by Gasteiger charge is -2.35. The summed E-state index contributed by atoms with van der Waals surface area (Å²) in [5.41, 5.74) is 10.3. The first-order valence-electron chi connectivity index (χ1n) is 7.19. The second kappa shape index (κ2) is 5.29. The number of methoxy groups -OCH3 is 1. The van der Waals surface area contributed by atoms with Gasteiger partial charge in [0.1, 0.15) is 0 Å². The first-order chi connectivity index (χ1) is 9.76. The summed E-state index contributed by atoms with van der Waals surface area (Å²) in [5, 5.41) is 4.41. The van der Waals surface area contributed by atoms with Crippen molar-refractivity contribution in [1.82, 2.24) is 9.78 Å². The molecular weight excluding hydrogens is 250 g/mol. The van der Waals surface area contributed by atoms with Crippen LogP contribution in [0, 0.1) is 0 Å². The number of aryl methyl sites for hydroxylation is 1. The number of fused-ring (bicyclic) bond motifs is 1. The molecule has 1 aromatic heterocycles. The second-order valence-corrected chi connectivity index (χ2v) is 5.36. The van der Waals surface area contributed by atoms with Crippen LogP contribution in [0.2, 0.25) is 0 Å². The molecule has 1 aliphatic rings. The molecule has 0 radical (unpaired) electrons. The summed E-state index contributed by atoms with van der Waals surface area (Å²) in [5.74, 6) is 1.17. The van der Waals surface area contributed by atoms with Gasteiger partial charge in [-0.15, -0.1) is 0 Å². The highest BCUT2D eigenvalue weighted by Crippen LogP contribution is 2.44. The number of hydrogen-bond acceptors (Lipinski definition) is 3. The highest BCUT2D eigenvalue weighted by atomic mass is 16.5. The topological polar surface area (TPSA) is 53.1 Å². The molecule has 1 heterocycles. The van der Waals surface area contributed by atoms with Gasteiger partial charge in [-0.2, -0.15) is 5.10 Å². The van der Waals surface area contributed by atoms with Gasteiger partial charge in [-0.1, -0.05) is 31.2 Å². The molecule has 3 rings (SSSR count). The monoisotopic (exact) mass is 271 g/mol. The minimum atomic E-state index is -0.0612. The zero-order valence-electron chi connectivity index (χ0n) is 12.0. The average Bonchev–Trinajstić information content (AvgIpc) is 2.83. The number of nitrogens with zero attached hydrogens (tertiary/aromatic N) is 2. The first-order valence-corrected chi connectivity index (χ1v) is 7.19. The van der Waals surface area contributed by atoms with Crippen LogP contribution in [-0.4, -0.2) is 16.9 Å². The third-order valence-electron chi connectivity index (χ3n) is 4.14.